The maximum absolute atomic E-state index is 13.5. The average molecular weight is 244 g/mol. The van der Waals surface area contributed by atoms with E-state index in [1.165, 1.54) is 6.07 Å². The summed E-state index contributed by atoms with van der Waals surface area (Å²) in [4.78, 5) is 10.9. The van der Waals surface area contributed by atoms with Gasteiger partial charge in [-0.1, -0.05) is 0 Å². The standard InChI is InChI=1S/C10H9FO4S/c11-7-4-6(10(12)13)5-8-9(7)15-2-1-3-16(8)14/h4-5H,1-3H2,(H,12,13). The molecule has 0 spiro atoms. The zero-order chi connectivity index (χ0) is 11.7. The summed E-state index contributed by atoms with van der Waals surface area (Å²) < 4.78 is 30.4. The van der Waals surface area contributed by atoms with E-state index >= 15 is 0 Å². The van der Waals surface area contributed by atoms with E-state index < -0.39 is 22.6 Å². The molecule has 1 aliphatic heterocycles. The number of hydrogen-bond acceptors (Lipinski definition) is 3. The first kappa shape index (κ1) is 11.1. The van der Waals surface area contributed by atoms with Gasteiger partial charge in [-0.25, -0.2) is 9.18 Å². The Balaban J connectivity index is 2.59. The zero-order valence-electron chi connectivity index (χ0n) is 8.23. The molecule has 1 aromatic carbocycles. The molecule has 0 saturated heterocycles. The minimum absolute atomic E-state index is 0.0826. The van der Waals surface area contributed by atoms with E-state index in [1.807, 2.05) is 0 Å². The lowest BCUT2D eigenvalue weighted by atomic mass is 10.2. The molecule has 1 atom stereocenters. The number of benzene rings is 1. The first-order valence-corrected chi connectivity index (χ1v) is 5.99. The SMILES string of the molecule is O=C(O)c1cc(F)c2c(c1)S(=O)CCCO2. The monoisotopic (exact) mass is 244 g/mol. The lowest BCUT2D eigenvalue weighted by Crippen LogP contribution is -2.03. The fourth-order valence-corrected chi connectivity index (χ4v) is 2.70. The molecular formula is C10H9FO4S. The van der Waals surface area contributed by atoms with Crippen LogP contribution in [-0.2, 0) is 10.8 Å². The lowest BCUT2D eigenvalue weighted by molar-refractivity contribution is 0.0696. The molecule has 4 nitrogen and oxygen atoms in total. The molecule has 1 aromatic rings. The highest BCUT2D eigenvalue weighted by molar-refractivity contribution is 7.85. The smallest absolute Gasteiger partial charge is 0.335 e. The molecule has 0 fully saturated rings. The van der Waals surface area contributed by atoms with Crippen LogP contribution in [0.2, 0.25) is 0 Å². The van der Waals surface area contributed by atoms with Crippen molar-refractivity contribution in [3.8, 4) is 5.75 Å². The molecule has 0 amide bonds. The summed E-state index contributed by atoms with van der Waals surface area (Å²) in [6.07, 6.45) is 0.559. The Labute approximate surface area is 93.5 Å². The van der Waals surface area contributed by atoms with Crippen LogP contribution >= 0.6 is 0 Å². The third kappa shape index (κ3) is 1.92. The fourth-order valence-electron chi connectivity index (χ4n) is 1.48. The van der Waals surface area contributed by atoms with Crippen molar-refractivity contribution >= 4 is 16.8 Å². The van der Waals surface area contributed by atoms with Crippen LogP contribution in [0.3, 0.4) is 0 Å². The van der Waals surface area contributed by atoms with Crippen LogP contribution < -0.4 is 4.74 Å². The van der Waals surface area contributed by atoms with Crippen molar-refractivity contribution in [2.45, 2.75) is 11.3 Å². The number of ether oxygens (including phenoxy) is 1. The second-order valence-electron chi connectivity index (χ2n) is 3.34. The molecule has 0 saturated carbocycles. The van der Waals surface area contributed by atoms with Gasteiger partial charge in [-0.3, -0.25) is 4.21 Å². The molecule has 1 unspecified atom stereocenters. The van der Waals surface area contributed by atoms with Gasteiger partial charge in [0.15, 0.2) is 11.6 Å². The van der Waals surface area contributed by atoms with Crippen molar-refractivity contribution in [3.05, 3.63) is 23.5 Å². The highest BCUT2D eigenvalue weighted by Gasteiger charge is 2.22. The molecule has 86 valence electrons. The highest BCUT2D eigenvalue weighted by Crippen LogP contribution is 2.30. The summed E-state index contributed by atoms with van der Waals surface area (Å²) in [6.45, 7) is 0.294. The largest absolute Gasteiger partial charge is 0.489 e. The minimum atomic E-state index is -1.40. The summed E-state index contributed by atoms with van der Waals surface area (Å²) >= 11 is 0. The Bertz CT molecular complexity index is 472. The van der Waals surface area contributed by atoms with Gasteiger partial charge >= 0.3 is 5.97 Å². The Hall–Kier alpha value is -1.43. The molecule has 1 N–H and O–H groups in total. The minimum Gasteiger partial charge on any atom is -0.489 e. The zero-order valence-corrected chi connectivity index (χ0v) is 9.05. The normalized spacial score (nSPS) is 19.4. The van der Waals surface area contributed by atoms with Crippen LogP contribution in [0.1, 0.15) is 16.8 Å². The van der Waals surface area contributed by atoms with Crippen molar-refractivity contribution in [3.63, 3.8) is 0 Å². The summed E-state index contributed by atoms with van der Waals surface area (Å²) in [7, 11) is -1.40. The number of rotatable bonds is 1. The molecule has 1 heterocycles. The second-order valence-corrected chi connectivity index (χ2v) is 4.88. The Kier molecular flexibility index (Phi) is 2.91. The van der Waals surface area contributed by atoms with Crippen LogP contribution in [0.4, 0.5) is 4.39 Å². The first-order valence-electron chi connectivity index (χ1n) is 4.67. The molecular weight excluding hydrogens is 235 g/mol. The maximum atomic E-state index is 13.5. The van der Waals surface area contributed by atoms with Crippen LogP contribution in [0.25, 0.3) is 0 Å². The van der Waals surface area contributed by atoms with Gasteiger partial charge in [0.05, 0.1) is 27.9 Å². The molecule has 6 heteroatoms. The van der Waals surface area contributed by atoms with Gasteiger partial charge < -0.3 is 9.84 Å². The molecule has 16 heavy (non-hydrogen) atoms. The van der Waals surface area contributed by atoms with Crippen molar-refractivity contribution in [2.75, 3.05) is 12.4 Å². The Morgan fingerprint density at radius 1 is 1.50 bits per heavy atom. The molecule has 1 aliphatic rings. The second kappa shape index (κ2) is 4.21. The topological polar surface area (TPSA) is 63.6 Å². The van der Waals surface area contributed by atoms with Crippen molar-refractivity contribution in [2.24, 2.45) is 0 Å². The van der Waals surface area contributed by atoms with Gasteiger partial charge in [0.25, 0.3) is 0 Å². The predicted molar refractivity (Wildman–Crippen MR) is 54.7 cm³/mol. The van der Waals surface area contributed by atoms with Gasteiger partial charge in [-0.05, 0) is 18.6 Å². The van der Waals surface area contributed by atoms with E-state index in [1.54, 1.807) is 0 Å². The quantitative estimate of drug-likeness (QED) is 0.811. The summed E-state index contributed by atoms with van der Waals surface area (Å²) in [5.74, 6) is -1.75. The van der Waals surface area contributed by atoms with E-state index in [0.717, 1.165) is 6.07 Å². The van der Waals surface area contributed by atoms with E-state index in [0.29, 0.717) is 18.8 Å². The van der Waals surface area contributed by atoms with Crippen molar-refractivity contribution in [1.29, 1.82) is 0 Å². The number of carboxylic acid groups (broad SMARTS) is 1. The van der Waals surface area contributed by atoms with Gasteiger partial charge in [0, 0.05) is 5.75 Å². The van der Waals surface area contributed by atoms with Crippen molar-refractivity contribution in [1.82, 2.24) is 0 Å². The number of carboxylic acids is 1. The summed E-state index contributed by atoms with van der Waals surface area (Å²) in [5, 5.41) is 8.76. The van der Waals surface area contributed by atoms with Crippen LogP contribution in [0.5, 0.6) is 5.75 Å². The fraction of sp³-hybridized carbons (Fsp3) is 0.300. The Morgan fingerprint density at radius 2 is 2.25 bits per heavy atom. The van der Waals surface area contributed by atoms with Gasteiger partial charge in [0.2, 0.25) is 0 Å². The molecule has 0 aromatic heterocycles. The lowest BCUT2D eigenvalue weighted by Gasteiger charge is -2.08. The molecule has 0 radical (unpaired) electrons. The summed E-state index contributed by atoms with van der Waals surface area (Å²) in [5.41, 5.74) is -0.213. The number of fused-ring (bicyclic) bond motifs is 1. The van der Waals surface area contributed by atoms with E-state index in [4.69, 9.17) is 9.84 Å². The third-order valence-electron chi connectivity index (χ3n) is 2.22. The van der Waals surface area contributed by atoms with Crippen LogP contribution in [0.15, 0.2) is 17.0 Å². The van der Waals surface area contributed by atoms with Crippen LogP contribution in [-0.4, -0.2) is 27.6 Å². The maximum Gasteiger partial charge on any atom is 0.335 e. The first-order chi connectivity index (χ1) is 7.59. The van der Waals surface area contributed by atoms with Crippen LogP contribution in [0, 0.1) is 5.82 Å². The molecule has 2 rings (SSSR count). The van der Waals surface area contributed by atoms with Crippen molar-refractivity contribution < 1.29 is 23.2 Å². The Morgan fingerprint density at radius 3 is 2.94 bits per heavy atom. The number of aromatic carboxylic acids is 1. The number of carbonyl (C=O) groups is 1. The predicted octanol–water partition coefficient (Wildman–Crippen LogP) is 1.41. The molecule has 0 bridgehead atoms. The summed E-state index contributed by atoms with van der Waals surface area (Å²) in [6, 6.07) is 2.09. The van der Waals surface area contributed by atoms with Gasteiger partial charge in [0.1, 0.15) is 0 Å². The number of halogens is 1. The van der Waals surface area contributed by atoms with E-state index in [-0.39, 0.29) is 16.2 Å². The van der Waals surface area contributed by atoms with E-state index in [9.17, 15) is 13.4 Å². The highest BCUT2D eigenvalue weighted by atomic mass is 32.2. The average Bonchev–Trinajstić information content (AvgIpc) is 2.41. The molecule has 0 aliphatic carbocycles. The van der Waals surface area contributed by atoms with Gasteiger partial charge in [-0.15, -0.1) is 0 Å². The van der Waals surface area contributed by atoms with Gasteiger partial charge in [-0.2, -0.15) is 0 Å². The third-order valence-corrected chi connectivity index (χ3v) is 3.68. The number of hydrogen-bond donors (Lipinski definition) is 1. The van der Waals surface area contributed by atoms with E-state index in [2.05, 4.69) is 0 Å².